The number of benzene rings is 2. The van der Waals surface area contributed by atoms with Crippen molar-refractivity contribution in [2.45, 2.75) is 43.7 Å². The molecule has 1 aliphatic heterocycles. The minimum Gasteiger partial charge on any atom is -0.481 e. The van der Waals surface area contributed by atoms with Crippen molar-refractivity contribution in [2.75, 3.05) is 19.8 Å². The van der Waals surface area contributed by atoms with Gasteiger partial charge in [-0.05, 0) is 47.4 Å². The Kier molecular flexibility index (Phi) is 6.72. The molecule has 1 saturated carbocycles. The van der Waals surface area contributed by atoms with Crippen molar-refractivity contribution < 1.29 is 29.0 Å². The fraction of sp³-hybridized carbons (Fsp3) is 0.444. The lowest BCUT2D eigenvalue weighted by Crippen LogP contribution is -2.47. The van der Waals surface area contributed by atoms with Gasteiger partial charge >= 0.3 is 12.1 Å². The van der Waals surface area contributed by atoms with E-state index in [-0.39, 0.29) is 49.3 Å². The molecule has 0 spiro atoms. The van der Waals surface area contributed by atoms with Crippen LogP contribution in [0, 0.1) is 11.8 Å². The number of carbonyl (C=O) groups is 3. The summed E-state index contributed by atoms with van der Waals surface area (Å²) in [4.78, 5) is 36.4. The molecule has 35 heavy (non-hydrogen) atoms. The van der Waals surface area contributed by atoms with E-state index in [9.17, 15) is 14.4 Å². The van der Waals surface area contributed by atoms with Crippen molar-refractivity contribution >= 4 is 18.0 Å². The molecule has 1 saturated heterocycles. The second-order valence-electron chi connectivity index (χ2n) is 9.60. The van der Waals surface area contributed by atoms with Gasteiger partial charge in [0.15, 0.2) is 0 Å². The van der Waals surface area contributed by atoms with Crippen LogP contribution in [0.2, 0.25) is 0 Å². The van der Waals surface area contributed by atoms with Gasteiger partial charge in [0.1, 0.15) is 12.7 Å². The third-order valence-electron chi connectivity index (χ3n) is 7.24. The van der Waals surface area contributed by atoms with Gasteiger partial charge in [-0.25, -0.2) is 4.79 Å². The Labute approximate surface area is 204 Å². The van der Waals surface area contributed by atoms with E-state index in [4.69, 9.17) is 14.6 Å². The first kappa shape index (κ1) is 23.4. The molecule has 8 nitrogen and oxygen atoms in total. The number of aliphatic carboxylic acids is 1. The monoisotopic (exact) mass is 478 g/mol. The molecule has 0 radical (unpaired) electrons. The Morgan fingerprint density at radius 2 is 1.66 bits per heavy atom. The molecule has 2 aliphatic carbocycles. The van der Waals surface area contributed by atoms with Crippen molar-refractivity contribution in [1.82, 2.24) is 10.6 Å². The molecule has 2 aromatic rings. The summed E-state index contributed by atoms with van der Waals surface area (Å²) in [7, 11) is 0. The van der Waals surface area contributed by atoms with Crippen LogP contribution < -0.4 is 10.6 Å². The number of hydrogen-bond acceptors (Lipinski definition) is 5. The van der Waals surface area contributed by atoms with Gasteiger partial charge in [0.25, 0.3) is 0 Å². The second-order valence-corrected chi connectivity index (χ2v) is 9.60. The van der Waals surface area contributed by atoms with E-state index in [1.165, 1.54) is 11.1 Å². The fourth-order valence-electron chi connectivity index (χ4n) is 5.28. The maximum Gasteiger partial charge on any atom is 0.407 e. The number of alkyl carbamates (subject to hydrolysis) is 1. The van der Waals surface area contributed by atoms with E-state index in [0.717, 1.165) is 24.0 Å². The Morgan fingerprint density at radius 3 is 2.29 bits per heavy atom. The summed E-state index contributed by atoms with van der Waals surface area (Å²) < 4.78 is 11.2. The number of nitrogens with one attached hydrogen (secondary N) is 2. The minimum atomic E-state index is -0.928. The standard InChI is InChI=1S/C27H30N2O6/c30-24(31)13-23(16-9-10-16)29-26(32)25-17(11-12-34-25)14-28-27(33)35-15-22-20-7-3-1-5-18(20)19-6-2-4-8-21(19)22/h1-8,16-17,22-23,25H,9-15H2,(H,28,33)(H,29,32)(H,30,31)/t17-,23?,25-/m1/s1. The molecule has 2 aromatic carbocycles. The van der Waals surface area contributed by atoms with Gasteiger partial charge in [0.2, 0.25) is 5.91 Å². The highest BCUT2D eigenvalue weighted by Gasteiger charge is 2.39. The van der Waals surface area contributed by atoms with Crippen molar-refractivity contribution in [1.29, 1.82) is 0 Å². The Morgan fingerprint density at radius 1 is 1.00 bits per heavy atom. The molecule has 2 amide bonds. The van der Waals surface area contributed by atoms with Crippen LogP contribution in [0.25, 0.3) is 11.1 Å². The Balaban J connectivity index is 1.13. The van der Waals surface area contributed by atoms with Crippen LogP contribution in [0.1, 0.15) is 42.7 Å². The lowest BCUT2D eigenvalue weighted by molar-refractivity contribution is -0.138. The van der Waals surface area contributed by atoms with E-state index in [2.05, 4.69) is 34.9 Å². The second kappa shape index (κ2) is 10.1. The predicted molar refractivity (Wildman–Crippen MR) is 128 cm³/mol. The number of rotatable bonds is 9. The van der Waals surface area contributed by atoms with E-state index < -0.39 is 18.2 Å². The first-order chi connectivity index (χ1) is 17.0. The highest BCUT2D eigenvalue weighted by molar-refractivity contribution is 5.82. The third-order valence-corrected chi connectivity index (χ3v) is 7.24. The zero-order valence-corrected chi connectivity index (χ0v) is 19.4. The molecule has 0 bridgehead atoms. The molecular formula is C27H30N2O6. The number of fused-ring (bicyclic) bond motifs is 3. The Hall–Kier alpha value is -3.39. The molecular weight excluding hydrogens is 448 g/mol. The van der Waals surface area contributed by atoms with Crippen molar-refractivity contribution in [2.24, 2.45) is 11.8 Å². The highest BCUT2D eigenvalue weighted by atomic mass is 16.5. The van der Waals surface area contributed by atoms with Crippen LogP contribution in [0.5, 0.6) is 0 Å². The zero-order valence-electron chi connectivity index (χ0n) is 19.4. The van der Waals surface area contributed by atoms with Gasteiger partial charge in [-0.3, -0.25) is 9.59 Å². The maximum absolute atomic E-state index is 12.8. The molecule has 3 aliphatic rings. The van der Waals surface area contributed by atoms with Crippen LogP contribution in [0.4, 0.5) is 4.79 Å². The molecule has 184 valence electrons. The number of amides is 2. The average molecular weight is 479 g/mol. The summed E-state index contributed by atoms with van der Waals surface area (Å²) in [5, 5.41) is 14.8. The molecule has 0 aromatic heterocycles. The number of ether oxygens (including phenoxy) is 2. The number of carbonyl (C=O) groups excluding carboxylic acids is 2. The summed E-state index contributed by atoms with van der Waals surface area (Å²) in [6, 6.07) is 15.9. The third kappa shape index (κ3) is 5.17. The molecule has 3 N–H and O–H groups in total. The average Bonchev–Trinajstić information content (AvgIpc) is 3.51. The largest absolute Gasteiger partial charge is 0.481 e. The van der Waals surface area contributed by atoms with Gasteiger partial charge in [0.05, 0.1) is 6.42 Å². The normalized spacial score (nSPS) is 21.6. The van der Waals surface area contributed by atoms with Gasteiger partial charge in [0, 0.05) is 31.0 Å². The Bertz CT molecular complexity index is 1070. The zero-order chi connectivity index (χ0) is 24.4. The SMILES string of the molecule is O=C(O)CC(NC(=O)[C@@H]1OCC[C@@H]1CNC(=O)OCC1c2ccccc2-c2ccccc21)C1CC1. The predicted octanol–water partition coefficient (Wildman–Crippen LogP) is 3.30. The number of hydrogen-bond donors (Lipinski definition) is 3. The molecule has 1 heterocycles. The van der Waals surface area contributed by atoms with Crippen LogP contribution in [0.15, 0.2) is 48.5 Å². The van der Waals surface area contributed by atoms with Gasteiger partial charge < -0.3 is 25.2 Å². The van der Waals surface area contributed by atoms with Crippen molar-refractivity contribution in [3.05, 3.63) is 59.7 Å². The van der Waals surface area contributed by atoms with Crippen molar-refractivity contribution in [3.8, 4) is 11.1 Å². The van der Waals surface area contributed by atoms with Crippen LogP contribution in [0.3, 0.4) is 0 Å². The molecule has 5 rings (SSSR count). The lowest BCUT2D eigenvalue weighted by Gasteiger charge is -2.22. The van der Waals surface area contributed by atoms with E-state index >= 15 is 0 Å². The lowest BCUT2D eigenvalue weighted by atomic mass is 9.98. The number of carboxylic acids is 1. The topological polar surface area (TPSA) is 114 Å². The van der Waals surface area contributed by atoms with E-state index in [1.807, 2.05) is 24.3 Å². The highest BCUT2D eigenvalue weighted by Crippen LogP contribution is 2.44. The van der Waals surface area contributed by atoms with E-state index in [1.54, 1.807) is 0 Å². The summed E-state index contributed by atoms with van der Waals surface area (Å²) >= 11 is 0. The van der Waals surface area contributed by atoms with Gasteiger partial charge in [-0.1, -0.05) is 48.5 Å². The van der Waals surface area contributed by atoms with Gasteiger partial charge in [-0.2, -0.15) is 0 Å². The van der Waals surface area contributed by atoms with Crippen LogP contribution in [-0.2, 0) is 19.1 Å². The smallest absolute Gasteiger partial charge is 0.407 e. The quantitative estimate of drug-likeness (QED) is 0.510. The molecule has 8 heteroatoms. The van der Waals surface area contributed by atoms with Crippen molar-refractivity contribution in [3.63, 3.8) is 0 Å². The fourth-order valence-corrected chi connectivity index (χ4v) is 5.28. The minimum absolute atomic E-state index is 0.0184. The summed E-state index contributed by atoms with van der Waals surface area (Å²) in [6.07, 6.45) is 1.16. The number of carboxylic acid groups (broad SMARTS) is 1. The molecule has 2 fully saturated rings. The van der Waals surface area contributed by atoms with Crippen LogP contribution >= 0.6 is 0 Å². The first-order valence-electron chi connectivity index (χ1n) is 12.2. The first-order valence-corrected chi connectivity index (χ1v) is 12.2. The molecule has 1 unspecified atom stereocenters. The van der Waals surface area contributed by atoms with Gasteiger partial charge in [-0.15, -0.1) is 0 Å². The maximum atomic E-state index is 12.8. The van der Waals surface area contributed by atoms with E-state index in [0.29, 0.717) is 13.0 Å². The summed E-state index contributed by atoms with van der Waals surface area (Å²) in [5.74, 6) is -1.23. The summed E-state index contributed by atoms with van der Waals surface area (Å²) in [5.41, 5.74) is 4.63. The molecule has 3 atom stereocenters. The summed E-state index contributed by atoms with van der Waals surface area (Å²) in [6.45, 7) is 0.896. The van der Waals surface area contributed by atoms with Crippen LogP contribution in [-0.4, -0.2) is 55.0 Å².